The van der Waals surface area contributed by atoms with E-state index in [4.69, 9.17) is 10.5 Å². The van der Waals surface area contributed by atoms with Gasteiger partial charge in [-0.25, -0.2) is 0 Å². The van der Waals surface area contributed by atoms with Crippen molar-refractivity contribution in [3.63, 3.8) is 0 Å². The monoisotopic (exact) mass is 318 g/mol. The normalized spacial score (nSPS) is 12.6. The third-order valence-electron chi connectivity index (χ3n) is 2.64. The van der Waals surface area contributed by atoms with Crippen molar-refractivity contribution in [2.24, 2.45) is 17.6 Å². The van der Waals surface area contributed by atoms with Gasteiger partial charge in [0.25, 0.3) is 0 Å². The topological polar surface area (TPSA) is 72.6 Å². The lowest BCUT2D eigenvalue weighted by Gasteiger charge is -2.26. The maximum absolute atomic E-state index is 12.2. The van der Waals surface area contributed by atoms with Crippen molar-refractivity contribution in [2.75, 3.05) is 31.2 Å². The molecule has 1 unspecified atom stereocenters. The molecular formula is C15H30N2O3S. The third kappa shape index (κ3) is 9.74. The number of amides is 1. The van der Waals surface area contributed by atoms with Gasteiger partial charge in [0.15, 0.2) is 0 Å². The van der Waals surface area contributed by atoms with Crippen LogP contribution in [0.5, 0.6) is 0 Å². The first-order chi connectivity index (χ1) is 9.77. The van der Waals surface area contributed by atoms with Gasteiger partial charge < -0.3 is 15.4 Å². The predicted octanol–water partition coefficient (Wildman–Crippen LogP) is 1.75. The zero-order valence-electron chi connectivity index (χ0n) is 13.9. The van der Waals surface area contributed by atoms with Crippen LogP contribution in [0.15, 0.2) is 0 Å². The summed E-state index contributed by atoms with van der Waals surface area (Å²) in [5.41, 5.74) is 5.71. The summed E-state index contributed by atoms with van der Waals surface area (Å²) in [6.07, 6.45) is 0. The molecule has 0 bridgehead atoms. The first kappa shape index (κ1) is 20.2. The average molecular weight is 318 g/mol. The fourth-order valence-corrected chi connectivity index (χ4v) is 2.71. The highest BCUT2D eigenvalue weighted by atomic mass is 32.2. The van der Waals surface area contributed by atoms with Gasteiger partial charge in [-0.15, -0.1) is 11.8 Å². The fourth-order valence-electron chi connectivity index (χ4n) is 1.84. The Morgan fingerprint density at radius 1 is 1.14 bits per heavy atom. The van der Waals surface area contributed by atoms with E-state index in [1.807, 2.05) is 4.90 Å². The molecule has 0 aromatic heterocycles. The summed E-state index contributed by atoms with van der Waals surface area (Å²) in [6.45, 7) is 12.0. The van der Waals surface area contributed by atoms with E-state index < -0.39 is 12.0 Å². The lowest BCUT2D eigenvalue weighted by Crippen LogP contribution is -2.39. The summed E-state index contributed by atoms with van der Waals surface area (Å²) in [7, 11) is 0. The molecule has 2 N–H and O–H groups in total. The molecule has 21 heavy (non-hydrogen) atoms. The quantitative estimate of drug-likeness (QED) is 0.621. The maximum atomic E-state index is 12.2. The Morgan fingerprint density at radius 2 is 1.67 bits per heavy atom. The first-order valence-corrected chi connectivity index (χ1v) is 8.71. The molecule has 0 spiro atoms. The number of nitrogens with two attached hydrogens (primary N) is 1. The van der Waals surface area contributed by atoms with Crippen molar-refractivity contribution in [1.82, 2.24) is 4.90 Å². The first-order valence-electron chi connectivity index (χ1n) is 7.55. The molecule has 6 heteroatoms. The highest BCUT2D eigenvalue weighted by molar-refractivity contribution is 8.00. The molecule has 0 saturated carbocycles. The lowest BCUT2D eigenvalue weighted by molar-refractivity contribution is -0.144. The highest BCUT2D eigenvalue weighted by Crippen LogP contribution is 2.09. The van der Waals surface area contributed by atoms with Gasteiger partial charge in [-0.1, -0.05) is 27.7 Å². The number of esters is 1. The fraction of sp³-hybridized carbons (Fsp3) is 0.867. The van der Waals surface area contributed by atoms with E-state index in [-0.39, 0.29) is 5.91 Å². The Kier molecular flexibility index (Phi) is 10.5. The third-order valence-corrected chi connectivity index (χ3v) is 3.68. The molecule has 0 aliphatic rings. The highest BCUT2D eigenvalue weighted by Gasteiger charge is 2.18. The molecule has 5 nitrogen and oxygen atoms in total. The van der Waals surface area contributed by atoms with E-state index >= 15 is 0 Å². The van der Waals surface area contributed by atoms with Crippen molar-refractivity contribution in [3.05, 3.63) is 0 Å². The molecule has 0 radical (unpaired) electrons. The summed E-state index contributed by atoms with van der Waals surface area (Å²) in [6, 6.07) is -0.661. The van der Waals surface area contributed by atoms with Crippen molar-refractivity contribution < 1.29 is 14.3 Å². The van der Waals surface area contributed by atoms with Crippen LogP contribution < -0.4 is 5.73 Å². The molecule has 0 saturated heterocycles. The van der Waals surface area contributed by atoms with Crippen LogP contribution in [-0.2, 0) is 14.3 Å². The molecule has 1 amide bonds. The molecule has 0 fully saturated rings. The summed E-state index contributed by atoms with van der Waals surface area (Å²) < 4.78 is 4.84. The van der Waals surface area contributed by atoms with Crippen LogP contribution in [-0.4, -0.2) is 54.0 Å². The Labute approximate surface area is 133 Å². The van der Waals surface area contributed by atoms with Crippen LogP contribution in [0.3, 0.4) is 0 Å². The number of ether oxygens (including phenoxy) is 1. The number of carbonyl (C=O) groups excluding carboxylic acids is 2. The molecule has 0 rings (SSSR count). The summed E-state index contributed by atoms with van der Waals surface area (Å²) in [5, 5.41) is 0. The number of nitrogens with zero attached hydrogens (tertiary/aromatic N) is 1. The molecular weight excluding hydrogens is 288 g/mol. The van der Waals surface area contributed by atoms with Crippen LogP contribution >= 0.6 is 11.8 Å². The minimum atomic E-state index is -0.661. The van der Waals surface area contributed by atoms with Crippen molar-refractivity contribution in [3.8, 4) is 0 Å². The zero-order valence-corrected chi connectivity index (χ0v) is 14.7. The van der Waals surface area contributed by atoms with Gasteiger partial charge in [0.05, 0.1) is 12.4 Å². The zero-order chi connectivity index (χ0) is 16.4. The minimum Gasteiger partial charge on any atom is -0.465 e. The summed E-state index contributed by atoms with van der Waals surface area (Å²) in [4.78, 5) is 25.5. The number of carbonyl (C=O) groups is 2. The van der Waals surface area contributed by atoms with Crippen LogP contribution in [0, 0.1) is 11.8 Å². The van der Waals surface area contributed by atoms with Gasteiger partial charge in [0.1, 0.15) is 6.04 Å². The van der Waals surface area contributed by atoms with E-state index in [1.54, 1.807) is 6.92 Å². The van der Waals surface area contributed by atoms with E-state index in [1.165, 1.54) is 11.8 Å². The molecule has 0 aromatic rings. The van der Waals surface area contributed by atoms with Crippen LogP contribution in [0.4, 0.5) is 0 Å². The van der Waals surface area contributed by atoms with Gasteiger partial charge in [-0.2, -0.15) is 0 Å². The van der Waals surface area contributed by atoms with E-state index in [9.17, 15) is 9.59 Å². The number of hydrogen-bond donors (Lipinski definition) is 1. The Bertz CT molecular complexity index is 312. The standard InChI is InChI=1S/C15H30N2O3S/c1-6-20-15(19)13(16)9-21-10-14(18)17(7-11(2)3)8-12(4)5/h11-13H,6-10,16H2,1-5H3. The number of hydrogen-bond acceptors (Lipinski definition) is 5. The summed E-state index contributed by atoms with van der Waals surface area (Å²) >= 11 is 1.39. The molecule has 0 heterocycles. The van der Waals surface area contributed by atoms with Gasteiger partial charge in [-0.3, -0.25) is 9.59 Å². The van der Waals surface area contributed by atoms with Gasteiger partial charge in [0.2, 0.25) is 5.91 Å². The molecule has 124 valence electrons. The second-order valence-corrected chi connectivity index (χ2v) is 6.99. The average Bonchev–Trinajstić information content (AvgIpc) is 2.36. The predicted molar refractivity (Wildman–Crippen MR) is 88.2 cm³/mol. The number of rotatable bonds is 10. The Hall–Kier alpha value is -0.750. The van der Waals surface area contributed by atoms with E-state index in [0.29, 0.717) is 29.9 Å². The minimum absolute atomic E-state index is 0.110. The molecule has 0 aliphatic carbocycles. The van der Waals surface area contributed by atoms with Crippen LogP contribution in [0.2, 0.25) is 0 Å². The van der Waals surface area contributed by atoms with Crippen molar-refractivity contribution in [2.45, 2.75) is 40.7 Å². The lowest BCUT2D eigenvalue weighted by atomic mass is 10.1. The smallest absolute Gasteiger partial charge is 0.323 e. The van der Waals surface area contributed by atoms with Gasteiger partial charge in [-0.05, 0) is 18.8 Å². The van der Waals surface area contributed by atoms with Crippen LogP contribution in [0.1, 0.15) is 34.6 Å². The molecule has 0 aliphatic heterocycles. The van der Waals surface area contributed by atoms with Crippen molar-refractivity contribution in [1.29, 1.82) is 0 Å². The molecule has 1 atom stereocenters. The van der Waals surface area contributed by atoms with Gasteiger partial charge in [0, 0.05) is 18.8 Å². The van der Waals surface area contributed by atoms with Gasteiger partial charge >= 0.3 is 5.97 Å². The SMILES string of the molecule is CCOC(=O)C(N)CSCC(=O)N(CC(C)C)CC(C)C. The second kappa shape index (κ2) is 10.9. The maximum Gasteiger partial charge on any atom is 0.323 e. The molecule has 0 aromatic carbocycles. The Morgan fingerprint density at radius 3 is 2.10 bits per heavy atom. The largest absolute Gasteiger partial charge is 0.465 e. The Balaban J connectivity index is 4.21. The summed E-state index contributed by atoms with van der Waals surface area (Å²) in [5.74, 6) is 1.35. The van der Waals surface area contributed by atoms with E-state index in [0.717, 1.165) is 13.1 Å². The second-order valence-electron chi connectivity index (χ2n) is 5.96. The van der Waals surface area contributed by atoms with Crippen molar-refractivity contribution >= 4 is 23.6 Å². The van der Waals surface area contributed by atoms with E-state index in [2.05, 4.69) is 27.7 Å². The number of thioether (sulfide) groups is 1. The van der Waals surface area contributed by atoms with Crippen LogP contribution in [0.25, 0.3) is 0 Å².